The Bertz CT molecular complexity index is 1230. The molecule has 4 aromatic rings. The maximum atomic E-state index is 12.8. The van der Waals surface area contributed by atoms with E-state index in [1.807, 2.05) is 42.5 Å². The Morgan fingerprint density at radius 2 is 1.79 bits per heavy atom. The number of H-pyrrole nitrogens is 1. The zero-order valence-corrected chi connectivity index (χ0v) is 15.8. The predicted octanol–water partition coefficient (Wildman–Crippen LogP) is 3.20. The first-order valence-electron chi connectivity index (χ1n) is 8.78. The first-order valence-corrected chi connectivity index (χ1v) is 10.3. The highest BCUT2D eigenvalue weighted by Crippen LogP contribution is 2.24. The molecule has 0 saturated carbocycles. The van der Waals surface area contributed by atoms with Crippen LogP contribution in [0.25, 0.3) is 22.2 Å². The maximum Gasteiger partial charge on any atom is 0.240 e. The summed E-state index contributed by atoms with van der Waals surface area (Å²) in [6, 6.07) is 17.9. The van der Waals surface area contributed by atoms with Gasteiger partial charge >= 0.3 is 0 Å². The van der Waals surface area contributed by atoms with Crippen molar-refractivity contribution in [3.8, 4) is 11.1 Å². The molecular weight excluding hydrogens is 374 g/mol. The van der Waals surface area contributed by atoms with Crippen molar-refractivity contribution < 1.29 is 13.5 Å². The van der Waals surface area contributed by atoms with Crippen molar-refractivity contribution in [1.82, 2.24) is 14.7 Å². The molecule has 2 heterocycles. The molecule has 2 aromatic heterocycles. The van der Waals surface area contributed by atoms with Gasteiger partial charge in [0.2, 0.25) is 10.0 Å². The summed E-state index contributed by atoms with van der Waals surface area (Å²) in [7, 11) is -3.68. The Kier molecular flexibility index (Phi) is 4.95. The minimum atomic E-state index is -3.68. The van der Waals surface area contributed by atoms with Crippen molar-refractivity contribution in [3.63, 3.8) is 0 Å². The van der Waals surface area contributed by atoms with Crippen LogP contribution in [0.5, 0.6) is 0 Å². The molecule has 0 radical (unpaired) electrons. The topological polar surface area (TPSA) is 95.1 Å². The number of aromatic amines is 1. The van der Waals surface area contributed by atoms with Gasteiger partial charge in [0.15, 0.2) is 0 Å². The molecule has 0 unspecified atom stereocenters. The number of aliphatic hydroxyl groups excluding tert-OH is 1. The second kappa shape index (κ2) is 7.55. The van der Waals surface area contributed by atoms with Crippen LogP contribution >= 0.6 is 0 Å². The van der Waals surface area contributed by atoms with E-state index in [9.17, 15) is 13.5 Å². The standard InChI is InChI=1S/C21H19N3O3S/c25-14-15-4-1-5-16(10-15)17-6-2-7-19(11-17)28(26,27)24-13-18-12-23-21-20(18)8-3-9-22-21/h1-12,24-25H,13-14H2,(H,22,23). The van der Waals surface area contributed by atoms with E-state index >= 15 is 0 Å². The van der Waals surface area contributed by atoms with Gasteiger partial charge in [-0.05, 0) is 52.6 Å². The molecule has 0 amide bonds. The van der Waals surface area contributed by atoms with Crippen LogP contribution in [0.3, 0.4) is 0 Å². The third-order valence-corrected chi connectivity index (χ3v) is 5.98. The number of hydrogen-bond acceptors (Lipinski definition) is 4. The number of sulfonamides is 1. The summed E-state index contributed by atoms with van der Waals surface area (Å²) in [6.07, 6.45) is 3.45. The number of rotatable bonds is 6. The number of hydrogen-bond donors (Lipinski definition) is 3. The van der Waals surface area contributed by atoms with Gasteiger partial charge in [-0.3, -0.25) is 0 Å². The van der Waals surface area contributed by atoms with Crippen LogP contribution in [0.2, 0.25) is 0 Å². The molecule has 3 N–H and O–H groups in total. The third kappa shape index (κ3) is 3.68. The highest BCUT2D eigenvalue weighted by atomic mass is 32.2. The minimum Gasteiger partial charge on any atom is -0.392 e. The van der Waals surface area contributed by atoms with E-state index in [2.05, 4.69) is 14.7 Å². The summed E-state index contributed by atoms with van der Waals surface area (Å²) in [6.45, 7) is 0.102. The summed E-state index contributed by atoms with van der Waals surface area (Å²) in [5.41, 5.74) is 3.96. The lowest BCUT2D eigenvalue weighted by Crippen LogP contribution is -2.23. The van der Waals surface area contributed by atoms with E-state index in [1.54, 1.807) is 30.6 Å². The SMILES string of the molecule is O=S(=O)(NCc1c[nH]c2ncccc12)c1cccc(-c2cccc(CO)c2)c1. The number of aromatic nitrogens is 2. The first kappa shape index (κ1) is 18.4. The van der Waals surface area contributed by atoms with Crippen LogP contribution in [-0.2, 0) is 23.2 Å². The molecule has 0 aliphatic carbocycles. The van der Waals surface area contributed by atoms with E-state index in [1.165, 1.54) is 0 Å². The molecule has 28 heavy (non-hydrogen) atoms. The lowest BCUT2D eigenvalue weighted by Gasteiger charge is -2.09. The fourth-order valence-corrected chi connectivity index (χ4v) is 4.16. The summed E-state index contributed by atoms with van der Waals surface area (Å²) in [5.74, 6) is 0. The van der Waals surface area contributed by atoms with Crippen LogP contribution in [0.4, 0.5) is 0 Å². The van der Waals surface area contributed by atoms with Crippen molar-refractivity contribution in [2.45, 2.75) is 18.0 Å². The van der Waals surface area contributed by atoms with Gasteiger partial charge in [0.1, 0.15) is 5.65 Å². The summed E-state index contributed by atoms with van der Waals surface area (Å²) in [5, 5.41) is 10.2. The van der Waals surface area contributed by atoms with E-state index in [0.29, 0.717) is 0 Å². The quantitative estimate of drug-likeness (QED) is 0.469. The van der Waals surface area contributed by atoms with E-state index in [4.69, 9.17) is 0 Å². The van der Waals surface area contributed by atoms with E-state index in [-0.39, 0.29) is 18.0 Å². The first-order chi connectivity index (χ1) is 13.6. The van der Waals surface area contributed by atoms with Crippen LogP contribution in [0.1, 0.15) is 11.1 Å². The van der Waals surface area contributed by atoms with Gasteiger partial charge in [-0.25, -0.2) is 18.1 Å². The fourth-order valence-electron chi connectivity index (χ4n) is 3.11. The molecule has 6 nitrogen and oxygen atoms in total. The average Bonchev–Trinajstić information content (AvgIpc) is 3.16. The Labute approximate surface area is 162 Å². The molecule has 4 rings (SSSR count). The Morgan fingerprint density at radius 3 is 2.61 bits per heavy atom. The van der Waals surface area contributed by atoms with Crippen LogP contribution < -0.4 is 4.72 Å². The van der Waals surface area contributed by atoms with Gasteiger partial charge in [0.05, 0.1) is 11.5 Å². The maximum absolute atomic E-state index is 12.8. The molecular formula is C21H19N3O3S. The van der Waals surface area contributed by atoms with Gasteiger partial charge in [-0.1, -0.05) is 30.3 Å². The largest absolute Gasteiger partial charge is 0.392 e. The lowest BCUT2D eigenvalue weighted by atomic mass is 10.0. The molecule has 0 spiro atoms. The Morgan fingerprint density at radius 1 is 1.00 bits per heavy atom. The minimum absolute atomic E-state index is 0.0626. The Hall–Kier alpha value is -3.00. The second-order valence-corrected chi connectivity index (χ2v) is 8.19. The highest BCUT2D eigenvalue weighted by Gasteiger charge is 2.16. The molecule has 0 bridgehead atoms. The number of benzene rings is 2. The molecule has 0 aliphatic rings. The number of fused-ring (bicyclic) bond motifs is 1. The van der Waals surface area contributed by atoms with Crippen molar-refractivity contribution in [2.75, 3.05) is 0 Å². The molecule has 0 aliphatic heterocycles. The monoisotopic (exact) mass is 393 g/mol. The molecule has 7 heteroatoms. The van der Waals surface area contributed by atoms with Gasteiger partial charge in [0.25, 0.3) is 0 Å². The van der Waals surface area contributed by atoms with E-state index < -0.39 is 10.0 Å². The van der Waals surface area contributed by atoms with Gasteiger partial charge < -0.3 is 10.1 Å². The lowest BCUT2D eigenvalue weighted by molar-refractivity contribution is 0.282. The molecule has 0 fully saturated rings. The number of nitrogens with zero attached hydrogens (tertiary/aromatic N) is 1. The van der Waals surface area contributed by atoms with Crippen molar-refractivity contribution >= 4 is 21.1 Å². The van der Waals surface area contributed by atoms with E-state index in [0.717, 1.165) is 33.3 Å². The smallest absolute Gasteiger partial charge is 0.240 e. The zero-order chi connectivity index (χ0) is 19.6. The van der Waals surface area contributed by atoms with Gasteiger partial charge in [0, 0.05) is 24.3 Å². The molecule has 142 valence electrons. The number of pyridine rings is 1. The Balaban J connectivity index is 1.59. The van der Waals surface area contributed by atoms with Crippen molar-refractivity contribution in [3.05, 3.63) is 84.2 Å². The third-order valence-electron chi connectivity index (χ3n) is 4.58. The summed E-state index contributed by atoms with van der Waals surface area (Å²) < 4.78 is 28.2. The molecule has 0 atom stereocenters. The van der Waals surface area contributed by atoms with Gasteiger partial charge in [-0.2, -0.15) is 0 Å². The number of aliphatic hydroxyl groups is 1. The normalized spacial score (nSPS) is 11.8. The fraction of sp³-hybridized carbons (Fsp3) is 0.0952. The molecule has 0 saturated heterocycles. The van der Waals surface area contributed by atoms with Crippen LogP contribution in [0, 0.1) is 0 Å². The number of nitrogens with one attached hydrogen (secondary N) is 2. The van der Waals surface area contributed by atoms with Crippen molar-refractivity contribution in [2.24, 2.45) is 0 Å². The summed E-state index contributed by atoms with van der Waals surface area (Å²) in [4.78, 5) is 7.44. The highest BCUT2D eigenvalue weighted by molar-refractivity contribution is 7.89. The summed E-state index contributed by atoms with van der Waals surface area (Å²) >= 11 is 0. The predicted molar refractivity (Wildman–Crippen MR) is 108 cm³/mol. The van der Waals surface area contributed by atoms with Crippen LogP contribution in [-0.4, -0.2) is 23.5 Å². The second-order valence-electron chi connectivity index (χ2n) is 6.42. The molecule has 2 aromatic carbocycles. The van der Waals surface area contributed by atoms with Crippen LogP contribution in [0.15, 0.2) is 78.0 Å². The average molecular weight is 393 g/mol. The van der Waals surface area contributed by atoms with Gasteiger partial charge in [-0.15, -0.1) is 0 Å². The zero-order valence-electron chi connectivity index (χ0n) is 15.0. The van der Waals surface area contributed by atoms with Crippen molar-refractivity contribution in [1.29, 1.82) is 0 Å².